The molecule has 146 valence electrons. The second-order valence-corrected chi connectivity index (χ2v) is 8.46. The van der Waals surface area contributed by atoms with Crippen molar-refractivity contribution in [2.45, 2.75) is 32.9 Å². The van der Waals surface area contributed by atoms with Gasteiger partial charge >= 0.3 is 0 Å². The van der Waals surface area contributed by atoms with Gasteiger partial charge in [-0.25, -0.2) is 8.42 Å². The van der Waals surface area contributed by atoms with Gasteiger partial charge in [-0.15, -0.1) is 0 Å². The number of rotatable bonds is 8. The number of ether oxygens (including phenoxy) is 1. The lowest BCUT2D eigenvalue weighted by Crippen LogP contribution is -2.37. The first-order valence-corrected chi connectivity index (χ1v) is 10.6. The van der Waals surface area contributed by atoms with Gasteiger partial charge in [0.15, 0.2) is 6.10 Å². The van der Waals surface area contributed by atoms with Crippen molar-refractivity contribution in [3.05, 3.63) is 59.7 Å². The average molecular weight is 391 g/mol. The molecule has 0 aliphatic heterocycles. The summed E-state index contributed by atoms with van der Waals surface area (Å²) < 4.78 is 30.1. The molecule has 1 N–H and O–H groups in total. The molecule has 0 saturated carbocycles. The quantitative estimate of drug-likeness (QED) is 0.752. The van der Waals surface area contributed by atoms with E-state index in [2.05, 4.69) is 5.32 Å². The van der Waals surface area contributed by atoms with E-state index < -0.39 is 16.1 Å². The first-order chi connectivity index (χ1) is 12.7. The average Bonchev–Trinajstić information content (AvgIpc) is 2.64. The number of carbonyl (C=O) groups is 1. The second-order valence-electron chi connectivity index (χ2n) is 6.44. The fourth-order valence-corrected chi connectivity index (χ4v) is 2.93. The molecule has 0 bridgehead atoms. The van der Waals surface area contributed by atoms with E-state index in [1.807, 2.05) is 38.1 Å². The molecule has 0 saturated heterocycles. The molecule has 0 aromatic heterocycles. The molecule has 2 aromatic rings. The second kappa shape index (κ2) is 8.90. The Bertz CT molecular complexity index is 862. The topological polar surface area (TPSA) is 75.7 Å². The molecule has 0 heterocycles. The van der Waals surface area contributed by atoms with Crippen molar-refractivity contribution in [3.63, 3.8) is 0 Å². The predicted octanol–water partition coefficient (Wildman–Crippen LogP) is 2.86. The van der Waals surface area contributed by atoms with E-state index in [4.69, 9.17) is 4.74 Å². The number of benzene rings is 2. The molecular weight excluding hydrogens is 364 g/mol. The Kier molecular flexibility index (Phi) is 6.85. The molecule has 2 aromatic carbocycles. The molecule has 1 unspecified atom stereocenters. The number of anilines is 1. The number of carbonyl (C=O) groups excluding carboxylic acids is 1. The number of hydrogen-bond donors (Lipinski definition) is 1. The number of nitrogens with one attached hydrogen (secondary N) is 1. The molecule has 1 amide bonds. The molecule has 1 atom stereocenters. The maximum Gasteiger partial charge on any atom is 0.261 e. The van der Waals surface area contributed by atoms with Gasteiger partial charge in [0.1, 0.15) is 5.75 Å². The van der Waals surface area contributed by atoms with Crippen LogP contribution in [-0.4, -0.2) is 33.7 Å². The smallest absolute Gasteiger partial charge is 0.261 e. The van der Waals surface area contributed by atoms with Gasteiger partial charge in [0.25, 0.3) is 5.91 Å². The van der Waals surface area contributed by atoms with Gasteiger partial charge in [0, 0.05) is 13.6 Å². The fraction of sp³-hybridized carbons (Fsp3) is 0.350. The Balaban J connectivity index is 1.97. The van der Waals surface area contributed by atoms with Crippen molar-refractivity contribution in [2.24, 2.45) is 0 Å². The summed E-state index contributed by atoms with van der Waals surface area (Å²) in [5, 5.41) is 2.89. The zero-order chi connectivity index (χ0) is 20.0. The molecule has 0 aliphatic rings. The van der Waals surface area contributed by atoms with E-state index >= 15 is 0 Å². The van der Waals surface area contributed by atoms with Gasteiger partial charge in [-0.1, -0.05) is 36.8 Å². The molecule has 2 rings (SSSR count). The van der Waals surface area contributed by atoms with Crippen LogP contribution in [0.4, 0.5) is 5.69 Å². The molecule has 7 heteroatoms. The van der Waals surface area contributed by atoms with Crippen LogP contribution >= 0.6 is 0 Å². The van der Waals surface area contributed by atoms with Crippen molar-refractivity contribution >= 4 is 21.6 Å². The number of amides is 1. The van der Waals surface area contributed by atoms with Crippen LogP contribution in [0.3, 0.4) is 0 Å². The maximum absolute atomic E-state index is 12.4. The van der Waals surface area contributed by atoms with E-state index in [-0.39, 0.29) is 5.91 Å². The zero-order valence-corrected chi connectivity index (χ0v) is 16.9. The lowest BCUT2D eigenvalue weighted by molar-refractivity contribution is -0.128. The molecule has 0 spiro atoms. The van der Waals surface area contributed by atoms with Gasteiger partial charge in [-0.2, -0.15) is 0 Å². The summed E-state index contributed by atoms with van der Waals surface area (Å²) >= 11 is 0. The first-order valence-electron chi connectivity index (χ1n) is 8.74. The summed E-state index contributed by atoms with van der Waals surface area (Å²) in [6.45, 7) is 4.33. The number of sulfonamides is 1. The lowest BCUT2D eigenvalue weighted by Gasteiger charge is -2.19. The molecule has 0 fully saturated rings. The lowest BCUT2D eigenvalue weighted by atomic mass is 10.1. The molecule has 0 radical (unpaired) electrons. The van der Waals surface area contributed by atoms with Crippen LogP contribution in [0.15, 0.2) is 48.5 Å². The summed E-state index contributed by atoms with van der Waals surface area (Å²) in [4.78, 5) is 12.4. The van der Waals surface area contributed by atoms with Gasteiger partial charge in [0.2, 0.25) is 10.0 Å². The Labute approximate surface area is 161 Å². The third-order valence-electron chi connectivity index (χ3n) is 4.23. The van der Waals surface area contributed by atoms with Crippen molar-refractivity contribution in [3.8, 4) is 5.75 Å². The summed E-state index contributed by atoms with van der Waals surface area (Å²) in [6, 6.07) is 14.6. The van der Waals surface area contributed by atoms with E-state index in [0.29, 0.717) is 24.4 Å². The minimum atomic E-state index is -3.32. The first kappa shape index (κ1) is 20.8. The van der Waals surface area contributed by atoms with Crippen molar-refractivity contribution in [1.29, 1.82) is 0 Å². The van der Waals surface area contributed by atoms with E-state index in [0.717, 1.165) is 11.8 Å². The van der Waals surface area contributed by atoms with Crippen molar-refractivity contribution in [2.75, 3.05) is 17.6 Å². The van der Waals surface area contributed by atoms with E-state index in [1.54, 1.807) is 24.3 Å². The van der Waals surface area contributed by atoms with Gasteiger partial charge in [0.05, 0.1) is 11.9 Å². The van der Waals surface area contributed by atoms with Crippen molar-refractivity contribution in [1.82, 2.24) is 5.32 Å². The van der Waals surface area contributed by atoms with Crippen molar-refractivity contribution < 1.29 is 17.9 Å². The minimum Gasteiger partial charge on any atom is -0.481 e. The Morgan fingerprint density at radius 1 is 1.11 bits per heavy atom. The molecule has 0 aliphatic carbocycles. The van der Waals surface area contributed by atoms with Crippen LogP contribution < -0.4 is 14.4 Å². The van der Waals surface area contributed by atoms with Gasteiger partial charge in [-0.3, -0.25) is 9.10 Å². The largest absolute Gasteiger partial charge is 0.481 e. The minimum absolute atomic E-state index is 0.185. The molecule has 6 nitrogen and oxygen atoms in total. The van der Waals surface area contributed by atoms with Gasteiger partial charge < -0.3 is 10.1 Å². The standard InChI is InChI=1S/C20H26N2O4S/c1-5-19(20(23)21-14-16-8-6-15(2)7-9-16)26-18-12-10-17(11-13-18)22(3)27(4,24)25/h6-13,19H,5,14H2,1-4H3,(H,21,23). The normalized spacial score (nSPS) is 12.3. The maximum atomic E-state index is 12.4. The van der Waals surface area contributed by atoms with E-state index in [9.17, 15) is 13.2 Å². The highest BCUT2D eigenvalue weighted by molar-refractivity contribution is 7.92. The molecule has 27 heavy (non-hydrogen) atoms. The predicted molar refractivity (Wildman–Crippen MR) is 107 cm³/mol. The third-order valence-corrected chi connectivity index (χ3v) is 5.43. The number of hydrogen-bond acceptors (Lipinski definition) is 4. The Morgan fingerprint density at radius 3 is 2.22 bits per heavy atom. The Hall–Kier alpha value is -2.54. The zero-order valence-electron chi connectivity index (χ0n) is 16.1. The number of nitrogens with zero attached hydrogens (tertiary/aromatic N) is 1. The van der Waals surface area contributed by atoms with Crippen LogP contribution in [0.1, 0.15) is 24.5 Å². The highest BCUT2D eigenvalue weighted by atomic mass is 32.2. The van der Waals surface area contributed by atoms with Crippen LogP contribution in [0.25, 0.3) is 0 Å². The summed E-state index contributed by atoms with van der Waals surface area (Å²) in [5.74, 6) is 0.327. The third kappa shape index (κ3) is 5.99. The fourth-order valence-electron chi connectivity index (χ4n) is 2.42. The molecular formula is C20H26N2O4S. The van der Waals surface area contributed by atoms with Crippen LogP contribution in [0.2, 0.25) is 0 Å². The summed E-state index contributed by atoms with van der Waals surface area (Å²) in [7, 11) is -1.83. The van der Waals surface area contributed by atoms with Crippen LogP contribution in [0.5, 0.6) is 5.75 Å². The van der Waals surface area contributed by atoms with Gasteiger partial charge in [-0.05, 0) is 43.2 Å². The highest BCUT2D eigenvalue weighted by Crippen LogP contribution is 2.21. The van der Waals surface area contributed by atoms with E-state index in [1.165, 1.54) is 16.9 Å². The summed E-state index contributed by atoms with van der Waals surface area (Å²) in [5.41, 5.74) is 2.73. The monoisotopic (exact) mass is 390 g/mol. The highest BCUT2D eigenvalue weighted by Gasteiger charge is 2.18. The Morgan fingerprint density at radius 2 is 1.70 bits per heavy atom. The number of aryl methyl sites for hydroxylation is 1. The SMILES string of the molecule is CCC(Oc1ccc(N(C)S(C)(=O)=O)cc1)C(=O)NCc1ccc(C)cc1. The van der Waals surface area contributed by atoms with Crippen LogP contribution in [-0.2, 0) is 21.4 Å². The summed E-state index contributed by atoms with van der Waals surface area (Å²) in [6.07, 6.45) is 1.04. The van der Waals surface area contributed by atoms with Crippen LogP contribution in [0, 0.1) is 6.92 Å².